The Morgan fingerprint density at radius 1 is 1.18 bits per heavy atom. The number of fused-ring (bicyclic) bond motifs is 1. The molecule has 0 aromatic carbocycles. The van der Waals surface area contributed by atoms with Gasteiger partial charge in [0.1, 0.15) is 6.10 Å². The highest BCUT2D eigenvalue weighted by Gasteiger charge is 2.47. The second-order valence-electron chi connectivity index (χ2n) is 10.4. The summed E-state index contributed by atoms with van der Waals surface area (Å²) in [6.07, 6.45) is 0.354. The van der Waals surface area contributed by atoms with Gasteiger partial charge in [0.15, 0.2) is 0 Å². The van der Waals surface area contributed by atoms with Crippen LogP contribution in [0.15, 0.2) is 23.2 Å². The van der Waals surface area contributed by atoms with Gasteiger partial charge in [-0.2, -0.15) is 0 Å². The third-order valence-corrected chi connectivity index (χ3v) is 7.46. The van der Waals surface area contributed by atoms with E-state index in [-0.39, 0.29) is 54.0 Å². The van der Waals surface area contributed by atoms with Crippen LogP contribution >= 0.6 is 0 Å². The Morgan fingerprint density at radius 3 is 2.39 bits per heavy atom. The number of hydrogen-bond acceptors (Lipinski definition) is 7. The summed E-state index contributed by atoms with van der Waals surface area (Å²) in [5.74, 6) is -2.18. The summed E-state index contributed by atoms with van der Waals surface area (Å²) in [7, 11) is 0. The average molecular weight is 469 g/mol. The predicted octanol–water partition coefficient (Wildman–Crippen LogP) is 3.88. The Bertz CT molecular complexity index is 783. The van der Waals surface area contributed by atoms with Gasteiger partial charge in [-0.25, -0.2) is 0 Å². The lowest BCUT2D eigenvalue weighted by atomic mass is 9.64. The van der Waals surface area contributed by atoms with Gasteiger partial charge in [-0.05, 0) is 57.9 Å². The molecule has 7 unspecified atom stereocenters. The molecule has 2 rings (SSSR count). The maximum Gasteiger partial charge on any atom is 0.311 e. The van der Waals surface area contributed by atoms with E-state index in [1.54, 1.807) is 6.08 Å². The normalized spacial score (nSPS) is 29.7. The van der Waals surface area contributed by atoms with Gasteiger partial charge in [-0.3, -0.25) is 9.59 Å². The Balaban J connectivity index is 2.26. The molecule has 7 atom stereocenters. The fourth-order valence-electron chi connectivity index (χ4n) is 4.85. The fraction of sp³-hybridized carbons (Fsp3) is 0.760. The van der Waals surface area contributed by atoms with Crippen molar-refractivity contribution in [3.63, 3.8) is 0 Å². The van der Waals surface area contributed by atoms with Crippen molar-refractivity contribution in [2.45, 2.75) is 91.5 Å². The molecule has 188 valence electrons. The van der Waals surface area contributed by atoms with Crippen molar-refractivity contribution in [1.29, 1.82) is 0 Å². The van der Waals surface area contributed by atoms with E-state index < -0.39 is 36.1 Å². The number of carbonyl (C=O) groups excluding carboxylic acids is 1. The first-order valence-electron chi connectivity index (χ1n) is 11.9. The third kappa shape index (κ3) is 6.51. The van der Waals surface area contributed by atoms with E-state index in [2.05, 4.69) is 0 Å². The van der Waals surface area contributed by atoms with Crippen LogP contribution in [0.2, 0.25) is 0 Å². The number of aliphatic hydroxyl groups is 4. The first-order valence-corrected chi connectivity index (χ1v) is 11.9. The number of carboxylic acid groups (broad SMARTS) is 1. The van der Waals surface area contributed by atoms with Gasteiger partial charge in [-0.1, -0.05) is 20.8 Å². The van der Waals surface area contributed by atoms with Crippen molar-refractivity contribution < 1.29 is 39.9 Å². The standard InChI is InChI=1S/C25H40O8/c1-6-25(4,5)24(32)33-20-9-13(2)23(31)18-12-19(28)14(3)17(22(18)20)8-7-15(26)10-16(27)11-21(29)30/h12-17,20,22,26-28,31H,6-11H2,1-5H3,(H,29,30). The van der Waals surface area contributed by atoms with Crippen LogP contribution in [0.25, 0.3) is 0 Å². The van der Waals surface area contributed by atoms with Gasteiger partial charge in [0.05, 0.1) is 35.6 Å². The summed E-state index contributed by atoms with van der Waals surface area (Å²) >= 11 is 0. The van der Waals surface area contributed by atoms with Crippen LogP contribution in [0.5, 0.6) is 0 Å². The van der Waals surface area contributed by atoms with Crippen LogP contribution in [-0.2, 0) is 14.3 Å². The molecule has 0 saturated carbocycles. The number of aliphatic hydroxyl groups excluding tert-OH is 4. The lowest BCUT2D eigenvalue weighted by Gasteiger charge is -2.45. The summed E-state index contributed by atoms with van der Waals surface area (Å²) in [6.45, 7) is 9.32. The molecule has 0 spiro atoms. The van der Waals surface area contributed by atoms with E-state index in [9.17, 15) is 30.0 Å². The molecule has 0 fully saturated rings. The quantitative estimate of drug-likeness (QED) is 0.304. The molecule has 2 aliphatic carbocycles. The minimum Gasteiger partial charge on any atom is -0.512 e. The number of hydrogen-bond donors (Lipinski definition) is 5. The van der Waals surface area contributed by atoms with Crippen molar-refractivity contribution in [3.05, 3.63) is 23.2 Å². The Kier molecular flexibility index (Phi) is 8.99. The highest BCUT2D eigenvalue weighted by atomic mass is 16.5. The SMILES string of the molecule is CCC(C)(C)C(=O)OC1CC(C)C(O)=C2C=C(O)C(C)C(CCC(O)CC(O)CC(=O)O)C21. The molecular weight excluding hydrogens is 428 g/mol. The summed E-state index contributed by atoms with van der Waals surface area (Å²) in [4.78, 5) is 23.6. The Morgan fingerprint density at radius 2 is 1.82 bits per heavy atom. The van der Waals surface area contributed by atoms with Crippen molar-refractivity contribution in [2.75, 3.05) is 0 Å². The lowest BCUT2D eigenvalue weighted by molar-refractivity contribution is -0.165. The zero-order chi connectivity index (χ0) is 25.1. The molecule has 0 aliphatic heterocycles. The highest BCUT2D eigenvalue weighted by molar-refractivity contribution is 5.76. The van der Waals surface area contributed by atoms with E-state index in [0.29, 0.717) is 24.8 Å². The third-order valence-electron chi connectivity index (χ3n) is 7.46. The molecule has 0 radical (unpaired) electrons. The molecule has 0 saturated heterocycles. The van der Waals surface area contributed by atoms with Crippen molar-refractivity contribution in [2.24, 2.45) is 29.1 Å². The Labute approximate surface area is 196 Å². The molecular formula is C25H40O8. The van der Waals surface area contributed by atoms with Crippen LogP contribution < -0.4 is 0 Å². The van der Waals surface area contributed by atoms with E-state index in [1.165, 1.54) is 0 Å². The van der Waals surface area contributed by atoms with Gasteiger partial charge in [0.2, 0.25) is 0 Å². The number of esters is 1. The first-order chi connectivity index (χ1) is 15.3. The lowest BCUT2D eigenvalue weighted by Crippen LogP contribution is -2.45. The molecule has 0 aromatic rings. The zero-order valence-corrected chi connectivity index (χ0v) is 20.3. The van der Waals surface area contributed by atoms with Gasteiger partial charge >= 0.3 is 11.9 Å². The number of carbonyl (C=O) groups is 2. The molecule has 33 heavy (non-hydrogen) atoms. The molecule has 0 aromatic heterocycles. The van der Waals surface area contributed by atoms with Crippen LogP contribution in [0, 0.1) is 29.1 Å². The van der Waals surface area contributed by atoms with E-state index >= 15 is 0 Å². The van der Waals surface area contributed by atoms with Gasteiger partial charge in [0.25, 0.3) is 0 Å². The molecule has 0 amide bonds. The summed E-state index contributed by atoms with van der Waals surface area (Å²) in [5, 5.41) is 50.4. The Hall–Kier alpha value is -2.06. The van der Waals surface area contributed by atoms with Crippen LogP contribution in [0.3, 0.4) is 0 Å². The van der Waals surface area contributed by atoms with Gasteiger partial charge in [-0.15, -0.1) is 0 Å². The topological polar surface area (TPSA) is 145 Å². The predicted molar refractivity (Wildman–Crippen MR) is 122 cm³/mol. The minimum atomic E-state index is -1.14. The number of carboxylic acids is 1. The number of aliphatic carboxylic acids is 1. The average Bonchev–Trinajstić information content (AvgIpc) is 2.71. The number of ether oxygens (including phenoxy) is 1. The molecule has 2 aliphatic rings. The van der Waals surface area contributed by atoms with Crippen LogP contribution in [-0.4, -0.2) is 55.8 Å². The fourth-order valence-corrected chi connectivity index (χ4v) is 4.85. The largest absolute Gasteiger partial charge is 0.512 e. The number of allylic oxidation sites excluding steroid dienone is 3. The molecule has 5 N–H and O–H groups in total. The monoisotopic (exact) mass is 468 g/mol. The molecule has 8 nitrogen and oxygen atoms in total. The summed E-state index contributed by atoms with van der Waals surface area (Å²) in [6, 6.07) is 0. The second kappa shape index (κ2) is 10.9. The van der Waals surface area contributed by atoms with E-state index in [4.69, 9.17) is 9.84 Å². The first kappa shape index (κ1) is 27.2. The van der Waals surface area contributed by atoms with Gasteiger partial charge < -0.3 is 30.3 Å². The summed E-state index contributed by atoms with van der Waals surface area (Å²) < 4.78 is 6.00. The highest BCUT2D eigenvalue weighted by Crippen LogP contribution is 2.48. The van der Waals surface area contributed by atoms with Crippen LogP contribution in [0.4, 0.5) is 0 Å². The smallest absolute Gasteiger partial charge is 0.311 e. The molecule has 8 heteroatoms. The van der Waals surface area contributed by atoms with E-state index in [1.807, 2.05) is 34.6 Å². The summed E-state index contributed by atoms with van der Waals surface area (Å²) in [5.41, 5.74) is -0.0709. The van der Waals surface area contributed by atoms with Crippen molar-refractivity contribution in [3.8, 4) is 0 Å². The van der Waals surface area contributed by atoms with Gasteiger partial charge in [0, 0.05) is 23.3 Å². The van der Waals surface area contributed by atoms with Crippen LogP contribution in [0.1, 0.15) is 73.1 Å². The maximum atomic E-state index is 12.9. The maximum absolute atomic E-state index is 12.9. The van der Waals surface area contributed by atoms with Crippen molar-refractivity contribution >= 4 is 11.9 Å². The molecule has 0 bridgehead atoms. The van der Waals surface area contributed by atoms with E-state index in [0.717, 1.165) is 0 Å². The molecule has 0 heterocycles. The zero-order valence-electron chi connectivity index (χ0n) is 20.3. The minimum absolute atomic E-state index is 0.0615. The van der Waals surface area contributed by atoms with Crippen molar-refractivity contribution in [1.82, 2.24) is 0 Å². The second-order valence-corrected chi connectivity index (χ2v) is 10.4. The number of rotatable bonds is 10.